The normalized spacial score (nSPS) is 19.9. The van der Waals surface area contributed by atoms with Gasteiger partial charge < -0.3 is 19.2 Å². The molecule has 108 valence electrons. The first-order chi connectivity index (χ1) is 9.21. The lowest BCUT2D eigenvalue weighted by Gasteiger charge is -2.32. The van der Waals surface area contributed by atoms with Crippen molar-refractivity contribution in [1.82, 2.24) is 0 Å². The molecule has 5 nitrogen and oxygen atoms in total. The quantitative estimate of drug-likeness (QED) is 0.844. The van der Waals surface area contributed by atoms with Crippen molar-refractivity contribution in [3.63, 3.8) is 0 Å². The van der Waals surface area contributed by atoms with Crippen molar-refractivity contribution in [2.75, 3.05) is 6.61 Å². The molecule has 1 heterocycles. The molecule has 0 bridgehead atoms. The third-order valence-corrected chi connectivity index (χ3v) is 3.75. The second-order valence-electron chi connectivity index (χ2n) is 5.84. The summed E-state index contributed by atoms with van der Waals surface area (Å²) in [7, 11) is -0.478. The van der Waals surface area contributed by atoms with Crippen LogP contribution in [0.4, 0.5) is 0 Å². The molecular weight excluding hydrogens is 259 g/mol. The Kier molecular flexibility index (Phi) is 3.80. The average Bonchev–Trinajstić information content (AvgIpc) is 2.56. The average molecular weight is 278 g/mol. The Morgan fingerprint density at radius 3 is 2.40 bits per heavy atom. The molecule has 1 aliphatic heterocycles. The lowest BCUT2D eigenvalue weighted by Crippen LogP contribution is -2.41. The molecule has 0 amide bonds. The van der Waals surface area contributed by atoms with Crippen molar-refractivity contribution < 1.29 is 23.9 Å². The van der Waals surface area contributed by atoms with Gasteiger partial charge in [-0.3, -0.25) is 0 Å². The van der Waals surface area contributed by atoms with E-state index < -0.39 is 24.3 Å². The molecule has 0 aliphatic carbocycles. The molecule has 0 atom stereocenters. The number of rotatable bonds is 4. The van der Waals surface area contributed by atoms with E-state index in [2.05, 4.69) is 0 Å². The fraction of sp³-hybridized carbons (Fsp3) is 0.500. The third kappa shape index (κ3) is 2.97. The second kappa shape index (κ2) is 5.11. The highest BCUT2D eigenvalue weighted by molar-refractivity contribution is 6.62. The Labute approximate surface area is 119 Å². The van der Waals surface area contributed by atoms with Crippen LogP contribution in [0.3, 0.4) is 0 Å². The van der Waals surface area contributed by atoms with Gasteiger partial charge in [-0.05, 0) is 45.3 Å². The van der Waals surface area contributed by atoms with E-state index in [-0.39, 0.29) is 6.61 Å². The predicted octanol–water partition coefficient (Wildman–Crippen LogP) is 1.45. The fourth-order valence-corrected chi connectivity index (χ4v) is 1.88. The monoisotopic (exact) mass is 278 g/mol. The van der Waals surface area contributed by atoms with Gasteiger partial charge in [-0.25, -0.2) is 4.79 Å². The Balaban J connectivity index is 2.14. The van der Waals surface area contributed by atoms with Crippen molar-refractivity contribution in [2.24, 2.45) is 0 Å². The Bertz CT molecular complexity index is 496. The van der Waals surface area contributed by atoms with E-state index in [4.69, 9.17) is 19.2 Å². The van der Waals surface area contributed by atoms with Crippen molar-refractivity contribution in [3.8, 4) is 5.75 Å². The van der Waals surface area contributed by atoms with Crippen molar-refractivity contribution in [2.45, 2.75) is 38.9 Å². The molecule has 2 rings (SSSR count). The summed E-state index contributed by atoms with van der Waals surface area (Å²) in [5, 5.41) is 8.62. The van der Waals surface area contributed by atoms with Crippen LogP contribution in [0.5, 0.6) is 5.75 Å². The van der Waals surface area contributed by atoms with Crippen LogP contribution < -0.4 is 10.2 Å². The lowest BCUT2D eigenvalue weighted by molar-refractivity contribution is -0.139. The summed E-state index contributed by atoms with van der Waals surface area (Å²) in [6.07, 6.45) is 0. The second-order valence-corrected chi connectivity index (χ2v) is 5.84. The number of carboxylic acids is 1. The molecule has 0 spiro atoms. The maximum absolute atomic E-state index is 10.5. The topological polar surface area (TPSA) is 65.0 Å². The first-order valence-corrected chi connectivity index (χ1v) is 6.51. The fourth-order valence-electron chi connectivity index (χ4n) is 1.88. The number of carbonyl (C=O) groups is 1. The third-order valence-electron chi connectivity index (χ3n) is 3.75. The zero-order valence-electron chi connectivity index (χ0n) is 12.2. The van der Waals surface area contributed by atoms with Gasteiger partial charge in [0.1, 0.15) is 5.75 Å². The van der Waals surface area contributed by atoms with Gasteiger partial charge in [-0.2, -0.15) is 0 Å². The van der Waals surface area contributed by atoms with Crippen LogP contribution in [0.15, 0.2) is 24.3 Å². The van der Waals surface area contributed by atoms with Gasteiger partial charge >= 0.3 is 13.1 Å². The summed E-state index contributed by atoms with van der Waals surface area (Å²) in [5.74, 6) is -0.523. The standard InChI is InChI=1S/C14H19BO5/c1-13(2)14(3,4)20-15(19-13)10-6-5-7-11(8-10)18-9-12(16)17/h5-8H,9H2,1-4H3,(H,16,17). The van der Waals surface area contributed by atoms with Crippen molar-refractivity contribution in [3.05, 3.63) is 24.3 Å². The molecule has 0 unspecified atom stereocenters. The zero-order valence-corrected chi connectivity index (χ0v) is 12.2. The molecule has 1 N–H and O–H groups in total. The molecule has 1 saturated heterocycles. The molecule has 1 fully saturated rings. The van der Waals surface area contributed by atoms with Gasteiger partial charge in [0.25, 0.3) is 0 Å². The van der Waals surface area contributed by atoms with Crippen LogP contribution in [0, 0.1) is 0 Å². The summed E-state index contributed by atoms with van der Waals surface area (Å²) in [4.78, 5) is 10.5. The summed E-state index contributed by atoms with van der Waals surface area (Å²) >= 11 is 0. The van der Waals surface area contributed by atoms with Gasteiger partial charge in [0.2, 0.25) is 0 Å². The van der Waals surface area contributed by atoms with Gasteiger partial charge in [0.05, 0.1) is 11.2 Å². The SMILES string of the molecule is CC1(C)OB(c2cccc(OCC(=O)O)c2)OC1(C)C. The van der Waals surface area contributed by atoms with Crippen LogP contribution in [-0.2, 0) is 14.1 Å². The van der Waals surface area contributed by atoms with Crippen LogP contribution >= 0.6 is 0 Å². The molecule has 1 aliphatic rings. The van der Waals surface area contributed by atoms with E-state index in [1.807, 2.05) is 33.8 Å². The van der Waals surface area contributed by atoms with E-state index in [9.17, 15) is 4.79 Å². The largest absolute Gasteiger partial charge is 0.494 e. The van der Waals surface area contributed by atoms with Gasteiger partial charge in [-0.1, -0.05) is 12.1 Å². The minimum absolute atomic E-state index is 0.368. The predicted molar refractivity (Wildman–Crippen MR) is 75.3 cm³/mol. The Hall–Kier alpha value is -1.53. The number of carboxylic acid groups (broad SMARTS) is 1. The molecule has 0 aromatic heterocycles. The molecule has 1 aromatic carbocycles. The van der Waals surface area contributed by atoms with Crippen LogP contribution in [0.1, 0.15) is 27.7 Å². The number of hydrogen-bond donors (Lipinski definition) is 1. The van der Waals surface area contributed by atoms with Crippen molar-refractivity contribution in [1.29, 1.82) is 0 Å². The van der Waals surface area contributed by atoms with E-state index in [0.29, 0.717) is 5.75 Å². The number of benzene rings is 1. The minimum atomic E-state index is -1.01. The zero-order chi connectivity index (χ0) is 15.0. The first-order valence-electron chi connectivity index (χ1n) is 6.51. The molecule has 6 heteroatoms. The Morgan fingerprint density at radius 2 is 1.85 bits per heavy atom. The summed E-state index contributed by atoms with van der Waals surface area (Å²) in [6, 6.07) is 7.11. The van der Waals surface area contributed by atoms with E-state index in [0.717, 1.165) is 5.46 Å². The highest BCUT2D eigenvalue weighted by Gasteiger charge is 2.51. The van der Waals surface area contributed by atoms with Crippen LogP contribution in [0.2, 0.25) is 0 Å². The highest BCUT2D eigenvalue weighted by atomic mass is 16.7. The maximum atomic E-state index is 10.5. The number of hydrogen-bond acceptors (Lipinski definition) is 4. The van der Waals surface area contributed by atoms with Gasteiger partial charge in [-0.15, -0.1) is 0 Å². The van der Waals surface area contributed by atoms with E-state index in [1.165, 1.54) is 0 Å². The number of ether oxygens (including phenoxy) is 1. The molecule has 0 saturated carbocycles. The van der Waals surface area contributed by atoms with Gasteiger partial charge in [0, 0.05) is 0 Å². The van der Waals surface area contributed by atoms with Crippen LogP contribution in [-0.4, -0.2) is 36.0 Å². The molecule has 0 radical (unpaired) electrons. The summed E-state index contributed by atoms with van der Waals surface area (Å²) in [5.41, 5.74) is -0.00269. The van der Waals surface area contributed by atoms with Gasteiger partial charge in [0.15, 0.2) is 6.61 Å². The first kappa shape index (κ1) is 14.9. The summed E-state index contributed by atoms with van der Waals surface area (Å²) < 4.78 is 17.0. The smallest absolute Gasteiger partial charge is 0.482 e. The number of aliphatic carboxylic acids is 1. The van der Waals surface area contributed by atoms with E-state index in [1.54, 1.807) is 18.2 Å². The molecule has 20 heavy (non-hydrogen) atoms. The minimum Gasteiger partial charge on any atom is -0.482 e. The van der Waals surface area contributed by atoms with Crippen molar-refractivity contribution >= 4 is 18.6 Å². The maximum Gasteiger partial charge on any atom is 0.494 e. The molecular formula is C14H19BO5. The highest BCUT2D eigenvalue weighted by Crippen LogP contribution is 2.36. The Morgan fingerprint density at radius 1 is 1.25 bits per heavy atom. The summed E-state index contributed by atoms with van der Waals surface area (Å²) in [6.45, 7) is 7.57. The van der Waals surface area contributed by atoms with E-state index >= 15 is 0 Å². The molecule has 1 aromatic rings. The van der Waals surface area contributed by atoms with Crippen LogP contribution in [0.25, 0.3) is 0 Å². The lowest BCUT2D eigenvalue weighted by atomic mass is 9.79.